The van der Waals surface area contributed by atoms with Crippen molar-refractivity contribution >= 4 is 11.8 Å². The Bertz CT molecular complexity index is 271. The van der Waals surface area contributed by atoms with Crippen molar-refractivity contribution in [2.75, 3.05) is 12.9 Å². The number of benzene rings is 1. The summed E-state index contributed by atoms with van der Waals surface area (Å²) in [4.78, 5) is 1.19. The zero-order valence-corrected chi connectivity index (χ0v) is 8.99. The summed E-state index contributed by atoms with van der Waals surface area (Å²) in [5.74, 6) is 0.943. The third-order valence-electron chi connectivity index (χ3n) is 1.73. The minimum absolute atomic E-state index is 0.782. The van der Waals surface area contributed by atoms with E-state index in [4.69, 9.17) is 4.74 Å². The molecule has 0 aliphatic carbocycles. The Hall–Kier alpha value is -0.630. The Kier molecular flexibility index (Phi) is 4.16. The van der Waals surface area contributed by atoms with Gasteiger partial charge >= 0.3 is 0 Å². The molecule has 13 heavy (non-hydrogen) atoms. The highest BCUT2D eigenvalue weighted by Gasteiger charge is 1.99. The molecular weight excluding hydrogens is 180 g/mol. The average Bonchev–Trinajstić information content (AvgIpc) is 2.16. The second-order valence-corrected chi connectivity index (χ2v) is 3.67. The van der Waals surface area contributed by atoms with Crippen LogP contribution < -0.4 is 4.74 Å². The number of thioether (sulfide) groups is 1. The van der Waals surface area contributed by atoms with Gasteiger partial charge < -0.3 is 4.74 Å². The molecule has 71 valence electrons. The van der Waals surface area contributed by atoms with Gasteiger partial charge in [0, 0.05) is 4.90 Å². The number of rotatable bonds is 4. The van der Waals surface area contributed by atoms with Crippen molar-refractivity contribution in [3.8, 4) is 5.75 Å². The van der Waals surface area contributed by atoms with Crippen molar-refractivity contribution in [2.24, 2.45) is 0 Å². The van der Waals surface area contributed by atoms with Gasteiger partial charge in [-0.15, -0.1) is 11.8 Å². The molecule has 0 atom stereocenters. The van der Waals surface area contributed by atoms with E-state index < -0.39 is 0 Å². The SMILES string of the molecule is [CH2]c1ccc(OCCC)cc1SC. The van der Waals surface area contributed by atoms with Gasteiger partial charge in [-0.3, -0.25) is 0 Å². The lowest BCUT2D eigenvalue weighted by molar-refractivity contribution is 0.316. The second kappa shape index (κ2) is 5.18. The van der Waals surface area contributed by atoms with E-state index in [0.717, 1.165) is 24.3 Å². The van der Waals surface area contributed by atoms with E-state index in [1.165, 1.54) is 4.90 Å². The molecule has 0 aromatic heterocycles. The molecule has 1 aromatic rings. The topological polar surface area (TPSA) is 9.23 Å². The lowest BCUT2D eigenvalue weighted by Crippen LogP contribution is -1.95. The first-order valence-corrected chi connectivity index (χ1v) is 5.63. The Labute approximate surface area is 84.5 Å². The third kappa shape index (κ3) is 2.96. The molecule has 0 heterocycles. The first-order chi connectivity index (χ1) is 6.27. The van der Waals surface area contributed by atoms with Crippen molar-refractivity contribution in [3.63, 3.8) is 0 Å². The van der Waals surface area contributed by atoms with Crippen molar-refractivity contribution in [1.82, 2.24) is 0 Å². The summed E-state index contributed by atoms with van der Waals surface area (Å²) in [5, 5.41) is 0. The van der Waals surface area contributed by atoms with Gasteiger partial charge in [0.05, 0.1) is 6.61 Å². The normalized spacial score (nSPS) is 10.1. The van der Waals surface area contributed by atoms with E-state index in [1.807, 2.05) is 24.5 Å². The van der Waals surface area contributed by atoms with Crippen LogP contribution in [-0.2, 0) is 0 Å². The molecule has 0 unspecified atom stereocenters. The fourth-order valence-electron chi connectivity index (χ4n) is 1.03. The van der Waals surface area contributed by atoms with Gasteiger partial charge in [-0.2, -0.15) is 0 Å². The van der Waals surface area contributed by atoms with Crippen molar-refractivity contribution in [1.29, 1.82) is 0 Å². The quantitative estimate of drug-likeness (QED) is 0.681. The molecule has 1 rings (SSSR count). The molecule has 0 fully saturated rings. The predicted molar refractivity (Wildman–Crippen MR) is 58.5 cm³/mol. The zero-order chi connectivity index (χ0) is 9.68. The molecule has 0 aliphatic rings. The molecule has 1 radical (unpaired) electrons. The van der Waals surface area contributed by atoms with E-state index in [0.29, 0.717) is 0 Å². The first kappa shape index (κ1) is 10.5. The Balaban J connectivity index is 2.74. The monoisotopic (exact) mass is 195 g/mol. The van der Waals surface area contributed by atoms with E-state index in [-0.39, 0.29) is 0 Å². The predicted octanol–water partition coefficient (Wildman–Crippen LogP) is 3.38. The van der Waals surface area contributed by atoms with Crippen LogP contribution in [0.2, 0.25) is 0 Å². The molecule has 0 aliphatic heterocycles. The average molecular weight is 195 g/mol. The largest absolute Gasteiger partial charge is 0.494 e. The van der Waals surface area contributed by atoms with Gasteiger partial charge in [-0.1, -0.05) is 13.0 Å². The lowest BCUT2D eigenvalue weighted by Gasteiger charge is -2.07. The van der Waals surface area contributed by atoms with Crippen LogP contribution in [-0.4, -0.2) is 12.9 Å². The highest BCUT2D eigenvalue weighted by Crippen LogP contribution is 2.24. The minimum atomic E-state index is 0.782. The Morgan fingerprint density at radius 3 is 2.85 bits per heavy atom. The summed E-state index contributed by atoms with van der Waals surface area (Å²) < 4.78 is 5.51. The molecule has 0 bridgehead atoms. The third-order valence-corrected chi connectivity index (χ3v) is 2.55. The molecular formula is C11H15OS. The summed E-state index contributed by atoms with van der Waals surface area (Å²) in [5.41, 5.74) is 1.07. The van der Waals surface area contributed by atoms with Gasteiger partial charge in [0.2, 0.25) is 0 Å². The maximum Gasteiger partial charge on any atom is 0.120 e. The van der Waals surface area contributed by atoms with Crippen LogP contribution in [0.1, 0.15) is 18.9 Å². The van der Waals surface area contributed by atoms with Gasteiger partial charge in [-0.05, 0) is 37.3 Å². The van der Waals surface area contributed by atoms with E-state index in [9.17, 15) is 0 Å². The number of hydrogen-bond acceptors (Lipinski definition) is 2. The highest BCUT2D eigenvalue weighted by molar-refractivity contribution is 7.98. The summed E-state index contributed by atoms with van der Waals surface area (Å²) in [6.07, 6.45) is 3.09. The maximum absolute atomic E-state index is 5.51. The molecule has 1 aromatic carbocycles. The highest BCUT2D eigenvalue weighted by atomic mass is 32.2. The number of hydrogen-bond donors (Lipinski definition) is 0. The molecule has 2 heteroatoms. The molecule has 1 nitrogen and oxygen atoms in total. The zero-order valence-electron chi connectivity index (χ0n) is 8.17. The summed E-state index contributed by atoms with van der Waals surface area (Å²) in [6.45, 7) is 6.82. The van der Waals surface area contributed by atoms with Crippen LogP contribution in [0.3, 0.4) is 0 Å². The van der Waals surface area contributed by atoms with E-state index in [2.05, 4.69) is 13.8 Å². The molecule has 0 N–H and O–H groups in total. The van der Waals surface area contributed by atoms with Gasteiger partial charge in [0.25, 0.3) is 0 Å². The Morgan fingerprint density at radius 1 is 1.46 bits per heavy atom. The van der Waals surface area contributed by atoms with Crippen LogP contribution in [0.5, 0.6) is 5.75 Å². The van der Waals surface area contributed by atoms with Crippen LogP contribution in [0, 0.1) is 6.92 Å². The van der Waals surface area contributed by atoms with Crippen LogP contribution in [0.4, 0.5) is 0 Å². The molecule has 0 saturated heterocycles. The van der Waals surface area contributed by atoms with Crippen molar-refractivity contribution < 1.29 is 4.74 Å². The van der Waals surface area contributed by atoms with Gasteiger partial charge in [-0.25, -0.2) is 0 Å². The smallest absolute Gasteiger partial charge is 0.120 e. The fourth-order valence-corrected chi connectivity index (χ4v) is 1.60. The van der Waals surface area contributed by atoms with Crippen molar-refractivity contribution in [2.45, 2.75) is 18.2 Å². The maximum atomic E-state index is 5.51. The van der Waals surface area contributed by atoms with Crippen LogP contribution in [0.15, 0.2) is 23.1 Å². The Morgan fingerprint density at radius 2 is 2.23 bits per heavy atom. The molecule has 0 amide bonds. The van der Waals surface area contributed by atoms with Crippen molar-refractivity contribution in [3.05, 3.63) is 30.7 Å². The summed E-state index contributed by atoms with van der Waals surface area (Å²) in [7, 11) is 0. The molecule has 0 spiro atoms. The second-order valence-electron chi connectivity index (χ2n) is 2.82. The number of ether oxygens (including phenoxy) is 1. The van der Waals surface area contributed by atoms with E-state index in [1.54, 1.807) is 11.8 Å². The summed E-state index contributed by atoms with van der Waals surface area (Å²) in [6, 6.07) is 6.01. The van der Waals surface area contributed by atoms with Crippen LogP contribution in [0.25, 0.3) is 0 Å². The van der Waals surface area contributed by atoms with Gasteiger partial charge in [0.1, 0.15) is 5.75 Å². The molecule has 0 saturated carbocycles. The van der Waals surface area contributed by atoms with Crippen LogP contribution >= 0.6 is 11.8 Å². The van der Waals surface area contributed by atoms with E-state index >= 15 is 0 Å². The minimum Gasteiger partial charge on any atom is -0.494 e. The first-order valence-electron chi connectivity index (χ1n) is 4.40. The fraction of sp³-hybridized carbons (Fsp3) is 0.364. The standard InChI is InChI=1S/C11H15OS/c1-4-7-12-10-6-5-9(2)11(8-10)13-3/h5-6,8H,2,4,7H2,1,3H3. The van der Waals surface area contributed by atoms with Gasteiger partial charge in [0.15, 0.2) is 0 Å². The summed E-state index contributed by atoms with van der Waals surface area (Å²) >= 11 is 1.70. The lowest BCUT2D eigenvalue weighted by atomic mass is 10.2.